The van der Waals surface area contributed by atoms with Crippen molar-refractivity contribution in [2.45, 2.75) is 6.92 Å². The maximum absolute atomic E-state index is 13.8. The summed E-state index contributed by atoms with van der Waals surface area (Å²) in [5, 5.41) is 4.10. The molecule has 0 saturated carbocycles. The summed E-state index contributed by atoms with van der Waals surface area (Å²) in [7, 11) is 0. The van der Waals surface area contributed by atoms with Crippen molar-refractivity contribution in [3.05, 3.63) is 46.4 Å². The maximum atomic E-state index is 13.8. The van der Waals surface area contributed by atoms with Crippen LogP contribution in [-0.2, 0) is 0 Å². The van der Waals surface area contributed by atoms with Crippen LogP contribution in [0.4, 0.5) is 10.2 Å². The van der Waals surface area contributed by atoms with Crippen LogP contribution in [-0.4, -0.2) is 42.1 Å². The molecule has 5 nitrogen and oxygen atoms in total. The van der Waals surface area contributed by atoms with Gasteiger partial charge in [-0.05, 0) is 19.1 Å². The molecule has 0 unspecified atom stereocenters. The minimum Gasteiger partial charge on any atom is -0.360 e. The van der Waals surface area contributed by atoms with Crippen molar-refractivity contribution < 1.29 is 13.7 Å². The quantitative estimate of drug-likeness (QED) is 0.852. The van der Waals surface area contributed by atoms with Crippen molar-refractivity contribution in [1.82, 2.24) is 10.1 Å². The predicted octanol–water partition coefficient (Wildman–Crippen LogP) is 2.74. The number of nitrogens with zero attached hydrogens (tertiary/aromatic N) is 3. The number of aromatic nitrogens is 1. The Kier molecular flexibility index (Phi) is 4.02. The molecule has 116 valence electrons. The van der Waals surface area contributed by atoms with Gasteiger partial charge in [0.1, 0.15) is 11.6 Å². The summed E-state index contributed by atoms with van der Waals surface area (Å²) >= 11 is 5.95. The van der Waals surface area contributed by atoms with Gasteiger partial charge in [0, 0.05) is 32.2 Å². The highest BCUT2D eigenvalue weighted by Gasteiger charge is 2.26. The van der Waals surface area contributed by atoms with E-state index >= 15 is 0 Å². The van der Waals surface area contributed by atoms with Crippen molar-refractivity contribution in [2.75, 3.05) is 31.1 Å². The number of aryl methyl sites for hydroxylation is 1. The van der Waals surface area contributed by atoms with Gasteiger partial charge >= 0.3 is 0 Å². The van der Waals surface area contributed by atoms with E-state index in [0.717, 1.165) is 11.6 Å². The molecule has 1 saturated heterocycles. The summed E-state index contributed by atoms with van der Waals surface area (Å²) in [6.07, 6.45) is 0. The topological polar surface area (TPSA) is 49.6 Å². The van der Waals surface area contributed by atoms with E-state index < -0.39 is 5.82 Å². The summed E-state index contributed by atoms with van der Waals surface area (Å²) in [5.41, 5.74) is -0.0603. The number of benzene rings is 1. The molecular weight excluding hydrogens is 309 g/mol. The molecule has 1 aliphatic heterocycles. The zero-order valence-electron chi connectivity index (χ0n) is 12.1. The molecule has 1 aliphatic rings. The van der Waals surface area contributed by atoms with E-state index in [0.29, 0.717) is 26.2 Å². The lowest BCUT2D eigenvalue weighted by molar-refractivity contribution is 0.0742. The van der Waals surface area contributed by atoms with Crippen LogP contribution in [0.1, 0.15) is 16.1 Å². The normalized spacial score (nSPS) is 15.2. The predicted molar refractivity (Wildman–Crippen MR) is 80.8 cm³/mol. The molecule has 7 heteroatoms. The number of carbonyl (C=O) groups excluding carboxylic acids is 1. The molecule has 1 aromatic heterocycles. The average Bonchev–Trinajstić information content (AvgIpc) is 2.94. The van der Waals surface area contributed by atoms with Gasteiger partial charge in [-0.1, -0.05) is 22.8 Å². The third-order valence-electron chi connectivity index (χ3n) is 3.68. The minimum atomic E-state index is -0.591. The first-order valence-electron chi connectivity index (χ1n) is 6.98. The number of rotatable bonds is 2. The Morgan fingerprint density at radius 1 is 1.32 bits per heavy atom. The molecule has 0 radical (unpaired) electrons. The third kappa shape index (κ3) is 2.78. The molecule has 0 bridgehead atoms. The summed E-state index contributed by atoms with van der Waals surface area (Å²) in [6.45, 7) is 4.02. The standard InChI is InChI=1S/C15H15ClFN3O2/c1-10-9-13(18-22-10)19-5-7-20(8-6-19)15(21)14-11(16)3-2-4-12(14)17/h2-4,9H,5-8H2,1H3. The van der Waals surface area contributed by atoms with E-state index in [2.05, 4.69) is 5.16 Å². The van der Waals surface area contributed by atoms with E-state index in [1.54, 1.807) is 4.90 Å². The smallest absolute Gasteiger partial charge is 0.258 e. The fourth-order valence-electron chi connectivity index (χ4n) is 2.50. The lowest BCUT2D eigenvalue weighted by atomic mass is 10.1. The van der Waals surface area contributed by atoms with Gasteiger partial charge in [0.2, 0.25) is 0 Å². The molecule has 1 fully saturated rings. The van der Waals surface area contributed by atoms with Crippen LogP contribution in [0, 0.1) is 12.7 Å². The Hall–Kier alpha value is -2.08. The molecule has 1 aromatic carbocycles. The van der Waals surface area contributed by atoms with Gasteiger partial charge < -0.3 is 14.3 Å². The highest BCUT2D eigenvalue weighted by molar-refractivity contribution is 6.33. The number of halogens is 2. The first-order chi connectivity index (χ1) is 10.6. The van der Waals surface area contributed by atoms with Crippen LogP contribution in [0.15, 0.2) is 28.8 Å². The first kappa shape index (κ1) is 14.8. The fraction of sp³-hybridized carbons (Fsp3) is 0.333. The van der Waals surface area contributed by atoms with Crippen molar-refractivity contribution in [3.8, 4) is 0 Å². The SMILES string of the molecule is Cc1cc(N2CCN(C(=O)c3c(F)cccc3Cl)CC2)no1. The van der Waals surface area contributed by atoms with Gasteiger partial charge in [-0.3, -0.25) is 4.79 Å². The van der Waals surface area contributed by atoms with Gasteiger partial charge in [-0.2, -0.15) is 0 Å². The van der Waals surface area contributed by atoms with Gasteiger partial charge in [0.15, 0.2) is 5.82 Å². The number of hydrogen-bond donors (Lipinski definition) is 0. The van der Waals surface area contributed by atoms with Crippen molar-refractivity contribution >= 4 is 23.3 Å². The zero-order valence-corrected chi connectivity index (χ0v) is 12.8. The van der Waals surface area contributed by atoms with Crippen LogP contribution in [0.2, 0.25) is 5.02 Å². The molecule has 0 aliphatic carbocycles. The second-order valence-corrected chi connectivity index (χ2v) is 5.58. The second kappa shape index (κ2) is 5.96. The molecule has 2 heterocycles. The minimum absolute atomic E-state index is 0.0603. The second-order valence-electron chi connectivity index (χ2n) is 5.17. The van der Waals surface area contributed by atoms with Crippen LogP contribution in [0.25, 0.3) is 0 Å². The van der Waals surface area contributed by atoms with E-state index in [-0.39, 0.29) is 16.5 Å². The fourth-order valence-corrected chi connectivity index (χ4v) is 2.75. The molecule has 1 amide bonds. The van der Waals surface area contributed by atoms with Crippen molar-refractivity contribution in [1.29, 1.82) is 0 Å². The molecule has 0 atom stereocenters. The van der Waals surface area contributed by atoms with Gasteiger partial charge in [0.25, 0.3) is 5.91 Å². The molecule has 3 rings (SSSR count). The Labute approximate surface area is 132 Å². The van der Waals surface area contributed by atoms with Gasteiger partial charge in [-0.25, -0.2) is 4.39 Å². The van der Waals surface area contributed by atoms with Crippen LogP contribution >= 0.6 is 11.6 Å². The van der Waals surface area contributed by atoms with Crippen molar-refractivity contribution in [3.63, 3.8) is 0 Å². The number of anilines is 1. The molecule has 0 spiro atoms. The summed E-state index contributed by atoms with van der Waals surface area (Å²) < 4.78 is 18.9. The monoisotopic (exact) mass is 323 g/mol. The molecule has 22 heavy (non-hydrogen) atoms. The van der Waals surface area contributed by atoms with Crippen LogP contribution < -0.4 is 4.90 Å². The van der Waals surface area contributed by atoms with E-state index in [4.69, 9.17) is 16.1 Å². The zero-order chi connectivity index (χ0) is 15.7. The maximum Gasteiger partial charge on any atom is 0.258 e. The lowest BCUT2D eigenvalue weighted by Crippen LogP contribution is -2.49. The van der Waals surface area contributed by atoms with E-state index in [1.165, 1.54) is 18.2 Å². The summed E-state index contributed by atoms with van der Waals surface area (Å²) in [5.74, 6) is 0.534. The largest absolute Gasteiger partial charge is 0.360 e. The number of hydrogen-bond acceptors (Lipinski definition) is 4. The molecule has 0 N–H and O–H groups in total. The Morgan fingerprint density at radius 3 is 2.64 bits per heavy atom. The molecule has 2 aromatic rings. The Balaban J connectivity index is 1.70. The lowest BCUT2D eigenvalue weighted by Gasteiger charge is -2.34. The highest BCUT2D eigenvalue weighted by atomic mass is 35.5. The third-order valence-corrected chi connectivity index (χ3v) is 4.00. The summed E-state index contributed by atoms with van der Waals surface area (Å²) in [6, 6.07) is 6.10. The number of piperazine rings is 1. The highest BCUT2D eigenvalue weighted by Crippen LogP contribution is 2.22. The van der Waals surface area contributed by atoms with E-state index in [9.17, 15) is 9.18 Å². The Morgan fingerprint density at radius 2 is 2.05 bits per heavy atom. The Bertz CT molecular complexity index is 676. The summed E-state index contributed by atoms with van der Waals surface area (Å²) in [4.78, 5) is 16.1. The molecular formula is C15H15ClFN3O2. The van der Waals surface area contributed by atoms with Crippen LogP contribution in [0.3, 0.4) is 0 Å². The van der Waals surface area contributed by atoms with Gasteiger partial charge in [0.05, 0.1) is 10.6 Å². The average molecular weight is 324 g/mol. The van der Waals surface area contributed by atoms with Gasteiger partial charge in [-0.15, -0.1) is 0 Å². The number of amides is 1. The van der Waals surface area contributed by atoms with Crippen LogP contribution in [0.5, 0.6) is 0 Å². The number of carbonyl (C=O) groups is 1. The first-order valence-corrected chi connectivity index (χ1v) is 7.35. The van der Waals surface area contributed by atoms with Crippen molar-refractivity contribution in [2.24, 2.45) is 0 Å². The van der Waals surface area contributed by atoms with E-state index in [1.807, 2.05) is 17.9 Å².